The zero-order valence-electron chi connectivity index (χ0n) is 11.8. The SMILES string of the molecule is O=C(NC1(c2ccccc2)CCCC1)c1ccccc1Cl. The number of hydrogen-bond donors (Lipinski definition) is 1. The number of halogens is 1. The molecular weight excluding hydrogens is 282 g/mol. The summed E-state index contributed by atoms with van der Waals surface area (Å²) in [6.45, 7) is 0. The van der Waals surface area contributed by atoms with Crippen LogP contribution in [0.15, 0.2) is 54.6 Å². The molecule has 0 radical (unpaired) electrons. The number of amides is 1. The van der Waals surface area contributed by atoms with Gasteiger partial charge < -0.3 is 5.32 Å². The summed E-state index contributed by atoms with van der Waals surface area (Å²) in [6, 6.07) is 17.4. The molecule has 1 saturated carbocycles. The minimum atomic E-state index is -0.252. The van der Waals surface area contributed by atoms with Crippen molar-refractivity contribution < 1.29 is 4.79 Å². The van der Waals surface area contributed by atoms with Crippen molar-refractivity contribution in [2.24, 2.45) is 0 Å². The van der Waals surface area contributed by atoms with Gasteiger partial charge in [0.15, 0.2) is 0 Å². The van der Waals surface area contributed by atoms with Gasteiger partial charge in [0, 0.05) is 0 Å². The number of hydrogen-bond acceptors (Lipinski definition) is 1. The van der Waals surface area contributed by atoms with Crippen molar-refractivity contribution in [3.8, 4) is 0 Å². The molecule has 3 heteroatoms. The molecule has 2 aromatic rings. The fraction of sp³-hybridized carbons (Fsp3) is 0.278. The molecule has 1 N–H and O–H groups in total. The normalized spacial score (nSPS) is 16.6. The van der Waals surface area contributed by atoms with E-state index < -0.39 is 0 Å². The van der Waals surface area contributed by atoms with Crippen LogP contribution >= 0.6 is 11.6 Å². The largest absolute Gasteiger partial charge is 0.342 e. The van der Waals surface area contributed by atoms with Crippen LogP contribution in [0.25, 0.3) is 0 Å². The van der Waals surface area contributed by atoms with Gasteiger partial charge >= 0.3 is 0 Å². The summed E-state index contributed by atoms with van der Waals surface area (Å²) in [5.74, 6) is -0.0913. The van der Waals surface area contributed by atoms with E-state index in [-0.39, 0.29) is 11.4 Å². The minimum absolute atomic E-state index is 0.0913. The molecule has 0 bridgehead atoms. The highest BCUT2D eigenvalue weighted by Gasteiger charge is 2.37. The highest BCUT2D eigenvalue weighted by Crippen LogP contribution is 2.39. The van der Waals surface area contributed by atoms with Crippen LogP contribution in [0.3, 0.4) is 0 Å². The van der Waals surface area contributed by atoms with Crippen molar-refractivity contribution in [3.63, 3.8) is 0 Å². The van der Waals surface area contributed by atoms with E-state index in [0.717, 1.165) is 25.7 Å². The fourth-order valence-corrected chi connectivity index (χ4v) is 3.37. The number of rotatable bonds is 3. The predicted molar refractivity (Wildman–Crippen MR) is 85.5 cm³/mol. The van der Waals surface area contributed by atoms with Gasteiger partial charge in [0.2, 0.25) is 0 Å². The van der Waals surface area contributed by atoms with E-state index in [1.54, 1.807) is 12.1 Å². The monoisotopic (exact) mass is 299 g/mol. The Bertz CT molecular complexity index is 633. The van der Waals surface area contributed by atoms with Gasteiger partial charge in [0.25, 0.3) is 5.91 Å². The zero-order chi connectivity index (χ0) is 14.7. The molecule has 0 aromatic heterocycles. The van der Waals surface area contributed by atoms with Crippen LogP contribution < -0.4 is 5.32 Å². The van der Waals surface area contributed by atoms with Crippen molar-refractivity contribution in [2.45, 2.75) is 31.2 Å². The van der Waals surface area contributed by atoms with Crippen LogP contribution in [-0.4, -0.2) is 5.91 Å². The third kappa shape index (κ3) is 2.81. The summed E-state index contributed by atoms with van der Waals surface area (Å²) in [4.78, 5) is 12.6. The van der Waals surface area contributed by atoms with Gasteiger partial charge in [-0.1, -0.05) is 66.9 Å². The molecular formula is C18H18ClNO. The average molecular weight is 300 g/mol. The molecule has 0 unspecified atom stereocenters. The molecule has 108 valence electrons. The molecule has 0 spiro atoms. The van der Waals surface area contributed by atoms with Crippen molar-refractivity contribution in [1.29, 1.82) is 0 Å². The number of benzene rings is 2. The summed E-state index contributed by atoms with van der Waals surface area (Å²) in [5, 5.41) is 3.74. The molecule has 2 nitrogen and oxygen atoms in total. The molecule has 3 rings (SSSR count). The lowest BCUT2D eigenvalue weighted by Crippen LogP contribution is -2.43. The third-order valence-electron chi connectivity index (χ3n) is 4.25. The van der Waals surface area contributed by atoms with Crippen LogP contribution in [0.1, 0.15) is 41.6 Å². The maximum atomic E-state index is 12.6. The minimum Gasteiger partial charge on any atom is -0.342 e. The van der Waals surface area contributed by atoms with Gasteiger partial charge in [0.05, 0.1) is 16.1 Å². The summed E-state index contributed by atoms with van der Waals surface area (Å²) >= 11 is 6.14. The molecule has 2 aromatic carbocycles. The second-order valence-corrected chi connectivity index (χ2v) is 6.00. The predicted octanol–water partition coefficient (Wildman–Crippen LogP) is 4.54. The Morgan fingerprint density at radius 2 is 1.57 bits per heavy atom. The van der Waals surface area contributed by atoms with Crippen molar-refractivity contribution in [2.75, 3.05) is 0 Å². The summed E-state index contributed by atoms with van der Waals surface area (Å²) < 4.78 is 0. The molecule has 1 aliphatic rings. The second kappa shape index (κ2) is 5.90. The molecule has 21 heavy (non-hydrogen) atoms. The van der Waals surface area contributed by atoms with E-state index in [1.807, 2.05) is 30.3 Å². The highest BCUT2D eigenvalue weighted by molar-refractivity contribution is 6.33. The highest BCUT2D eigenvalue weighted by atomic mass is 35.5. The number of carbonyl (C=O) groups excluding carboxylic acids is 1. The van der Waals surface area contributed by atoms with E-state index >= 15 is 0 Å². The van der Waals surface area contributed by atoms with Crippen LogP contribution in [0.4, 0.5) is 0 Å². The zero-order valence-corrected chi connectivity index (χ0v) is 12.6. The molecule has 0 saturated heterocycles. The first-order valence-corrected chi connectivity index (χ1v) is 7.72. The quantitative estimate of drug-likeness (QED) is 0.886. The van der Waals surface area contributed by atoms with Gasteiger partial charge in [-0.3, -0.25) is 4.79 Å². The Morgan fingerprint density at radius 1 is 0.952 bits per heavy atom. The Hall–Kier alpha value is -1.80. The van der Waals surface area contributed by atoms with E-state index in [2.05, 4.69) is 17.4 Å². The van der Waals surface area contributed by atoms with E-state index in [4.69, 9.17) is 11.6 Å². The van der Waals surface area contributed by atoms with Gasteiger partial charge in [-0.25, -0.2) is 0 Å². The summed E-state index contributed by atoms with van der Waals surface area (Å²) in [6.07, 6.45) is 4.23. The lowest BCUT2D eigenvalue weighted by molar-refractivity contribution is 0.0898. The molecule has 0 aliphatic heterocycles. The van der Waals surface area contributed by atoms with Crippen molar-refractivity contribution in [3.05, 3.63) is 70.7 Å². The smallest absolute Gasteiger partial charge is 0.253 e. The molecule has 1 fully saturated rings. The molecule has 0 heterocycles. The maximum absolute atomic E-state index is 12.6. The van der Waals surface area contributed by atoms with Gasteiger partial charge in [-0.15, -0.1) is 0 Å². The van der Waals surface area contributed by atoms with Crippen LogP contribution in [0.2, 0.25) is 5.02 Å². The van der Waals surface area contributed by atoms with Crippen molar-refractivity contribution >= 4 is 17.5 Å². The fourth-order valence-electron chi connectivity index (χ4n) is 3.15. The molecule has 1 aliphatic carbocycles. The van der Waals surface area contributed by atoms with E-state index in [1.165, 1.54) is 5.56 Å². The Labute approximate surface area is 130 Å². The van der Waals surface area contributed by atoms with Gasteiger partial charge in [0.1, 0.15) is 0 Å². The maximum Gasteiger partial charge on any atom is 0.253 e. The van der Waals surface area contributed by atoms with Gasteiger partial charge in [-0.2, -0.15) is 0 Å². The first-order valence-electron chi connectivity index (χ1n) is 7.34. The van der Waals surface area contributed by atoms with Crippen LogP contribution in [-0.2, 0) is 5.54 Å². The summed E-state index contributed by atoms with van der Waals surface area (Å²) in [7, 11) is 0. The van der Waals surface area contributed by atoms with E-state index in [9.17, 15) is 4.79 Å². The van der Waals surface area contributed by atoms with E-state index in [0.29, 0.717) is 10.6 Å². The van der Waals surface area contributed by atoms with Crippen LogP contribution in [0.5, 0.6) is 0 Å². The second-order valence-electron chi connectivity index (χ2n) is 5.59. The van der Waals surface area contributed by atoms with Gasteiger partial charge in [-0.05, 0) is 30.5 Å². The number of nitrogens with one attached hydrogen (secondary N) is 1. The first-order chi connectivity index (χ1) is 10.2. The summed E-state index contributed by atoms with van der Waals surface area (Å²) in [5.41, 5.74) is 1.47. The van der Waals surface area contributed by atoms with Crippen molar-refractivity contribution in [1.82, 2.24) is 5.32 Å². The standard InChI is InChI=1S/C18H18ClNO/c19-16-11-5-4-10-15(16)17(21)20-18(12-6-7-13-18)14-8-2-1-3-9-14/h1-5,8-11H,6-7,12-13H2,(H,20,21). The topological polar surface area (TPSA) is 29.1 Å². The lowest BCUT2D eigenvalue weighted by Gasteiger charge is -2.31. The molecule has 1 amide bonds. The third-order valence-corrected chi connectivity index (χ3v) is 4.58. The Morgan fingerprint density at radius 3 is 2.24 bits per heavy atom. The molecule has 0 atom stereocenters. The lowest BCUT2D eigenvalue weighted by atomic mass is 9.88. The Balaban J connectivity index is 1.90. The van der Waals surface area contributed by atoms with Crippen LogP contribution in [0, 0.1) is 0 Å². The first kappa shape index (κ1) is 14.2. The average Bonchev–Trinajstić information content (AvgIpc) is 2.98. The number of carbonyl (C=O) groups is 1. The Kier molecular flexibility index (Phi) is 3.98.